The summed E-state index contributed by atoms with van der Waals surface area (Å²) in [7, 11) is 11.5. The Labute approximate surface area is 346 Å². The normalized spacial score (nSPS) is 14.2. The van der Waals surface area contributed by atoms with E-state index in [0.717, 1.165) is 59.3 Å². The molecule has 320 valence electrons. The SMILES string of the molecule is CCCCCCCCCCCC[N+](C)(C)CC(O)C[N+](C)(CCCCCCCCCCCC)CC(O)C[N+](C)(C)CCCCCCCCC.[Cl-].[Cl-].[Cl-]. The van der Waals surface area contributed by atoms with Crippen LogP contribution in [0.25, 0.3) is 0 Å². The van der Waals surface area contributed by atoms with Crippen molar-refractivity contribution in [1.82, 2.24) is 0 Å². The van der Waals surface area contributed by atoms with Gasteiger partial charge in [0.1, 0.15) is 26.2 Å². The molecule has 0 aromatic rings. The van der Waals surface area contributed by atoms with Crippen molar-refractivity contribution in [3.05, 3.63) is 0 Å². The molecule has 0 saturated carbocycles. The summed E-state index contributed by atoms with van der Waals surface area (Å²) < 4.78 is 2.57. The first kappa shape index (κ1) is 59.4. The summed E-state index contributed by atoms with van der Waals surface area (Å²) in [5.41, 5.74) is 0. The zero-order valence-corrected chi connectivity index (χ0v) is 38.8. The third-order valence-corrected chi connectivity index (χ3v) is 11.2. The summed E-state index contributed by atoms with van der Waals surface area (Å²) in [5.74, 6) is 0. The zero-order valence-electron chi connectivity index (χ0n) is 36.6. The lowest BCUT2D eigenvalue weighted by atomic mass is 10.1. The second-order valence-corrected chi connectivity index (χ2v) is 18.2. The van der Waals surface area contributed by atoms with Crippen molar-refractivity contribution in [3.8, 4) is 0 Å². The van der Waals surface area contributed by atoms with E-state index in [2.05, 4.69) is 56.0 Å². The summed E-state index contributed by atoms with van der Waals surface area (Å²) >= 11 is 0. The maximum atomic E-state index is 11.5. The molecule has 0 saturated heterocycles. The first-order chi connectivity index (χ1) is 23.4. The number of unbranched alkanes of at least 4 members (excludes halogenated alkanes) is 24. The average molecular weight is 806 g/mol. The van der Waals surface area contributed by atoms with Crippen LogP contribution in [0.3, 0.4) is 0 Å². The van der Waals surface area contributed by atoms with Gasteiger partial charge < -0.3 is 60.9 Å². The molecule has 0 aliphatic rings. The van der Waals surface area contributed by atoms with Crippen LogP contribution in [0.1, 0.15) is 194 Å². The molecule has 8 heteroatoms. The Morgan fingerprint density at radius 3 is 0.769 bits per heavy atom. The lowest BCUT2D eigenvalue weighted by molar-refractivity contribution is -0.935. The number of hydrogen-bond donors (Lipinski definition) is 2. The molecule has 0 aromatic heterocycles. The largest absolute Gasteiger partial charge is 1.00 e. The molecular weight excluding hydrogens is 709 g/mol. The lowest BCUT2D eigenvalue weighted by Gasteiger charge is -2.41. The number of aliphatic hydroxyl groups excluding tert-OH is 2. The second kappa shape index (κ2) is 38.5. The maximum Gasteiger partial charge on any atom is 0.152 e. The lowest BCUT2D eigenvalue weighted by Crippen LogP contribution is -3.00. The van der Waals surface area contributed by atoms with Crippen molar-refractivity contribution in [2.45, 2.75) is 206 Å². The molecule has 0 rings (SSSR count). The van der Waals surface area contributed by atoms with Crippen LogP contribution in [0.5, 0.6) is 0 Å². The molecule has 0 radical (unpaired) electrons. The van der Waals surface area contributed by atoms with Gasteiger partial charge in [-0.3, -0.25) is 0 Å². The molecule has 0 aromatic carbocycles. The van der Waals surface area contributed by atoms with Gasteiger partial charge in [-0.15, -0.1) is 0 Å². The Hall–Kier alpha value is 0.670. The summed E-state index contributed by atoms with van der Waals surface area (Å²) in [5, 5.41) is 23.0. The van der Waals surface area contributed by atoms with E-state index in [4.69, 9.17) is 0 Å². The van der Waals surface area contributed by atoms with Gasteiger partial charge in [0.2, 0.25) is 0 Å². The predicted molar refractivity (Wildman–Crippen MR) is 218 cm³/mol. The highest BCUT2D eigenvalue weighted by Gasteiger charge is 2.33. The van der Waals surface area contributed by atoms with Crippen molar-refractivity contribution >= 4 is 0 Å². The number of nitrogens with zero attached hydrogens (tertiary/aromatic N) is 3. The van der Waals surface area contributed by atoms with Crippen LogP contribution in [-0.2, 0) is 0 Å². The smallest absolute Gasteiger partial charge is 0.152 e. The Bertz CT molecular complexity index is 716. The molecule has 0 spiro atoms. The van der Waals surface area contributed by atoms with Crippen molar-refractivity contribution in [1.29, 1.82) is 0 Å². The van der Waals surface area contributed by atoms with Crippen LogP contribution in [0.4, 0.5) is 0 Å². The molecule has 0 fully saturated rings. The van der Waals surface area contributed by atoms with Gasteiger partial charge in [-0.1, -0.05) is 156 Å². The van der Waals surface area contributed by atoms with E-state index in [1.165, 1.54) is 173 Å². The van der Waals surface area contributed by atoms with Crippen molar-refractivity contribution < 1.29 is 60.9 Å². The van der Waals surface area contributed by atoms with Gasteiger partial charge in [0, 0.05) is 0 Å². The number of quaternary nitrogens is 3. The highest BCUT2D eigenvalue weighted by Crippen LogP contribution is 2.18. The standard InChI is InChI=1S/C44H96N3O2.3ClH/c1-9-12-15-18-21-23-25-28-31-34-37-46(6,7)40-44(49)42-47(8,38-35-32-29-26-24-22-19-16-13-10-2)41-43(48)39-45(4,5)36-33-30-27-20-17-14-11-3;;;/h43-44,48-49H,9-42H2,1-8H3;3*1H/q+3;;;/p-3. The molecule has 0 amide bonds. The summed E-state index contributed by atoms with van der Waals surface area (Å²) in [6.07, 6.45) is 35.8. The minimum Gasteiger partial charge on any atom is -1.00 e. The first-order valence-electron chi connectivity index (χ1n) is 22.2. The maximum absolute atomic E-state index is 11.5. The van der Waals surface area contributed by atoms with Gasteiger partial charge in [-0.05, 0) is 38.5 Å². The third-order valence-electron chi connectivity index (χ3n) is 11.2. The number of rotatable bonds is 38. The quantitative estimate of drug-likeness (QED) is 0.0741. The first-order valence-corrected chi connectivity index (χ1v) is 22.2. The highest BCUT2D eigenvalue weighted by atomic mass is 35.5. The Morgan fingerprint density at radius 1 is 0.308 bits per heavy atom. The van der Waals surface area contributed by atoms with Crippen LogP contribution in [0, 0.1) is 0 Å². The fourth-order valence-corrected chi connectivity index (χ4v) is 8.22. The number of likely N-dealkylation sites (N-methyl/N-ethyl adjacent to an activating group) is 3. The highest BCUT2D eigenvalue weighted by molar-refractivity contribution is 4.61. The molecule has 0 aliphatic carbocycles. The van der Waals surface area contributed by atoms with Crippen LogP contribution in [0.15, 0.2) is 0 Å². The molecule has 5 nitrogen and oxygen atoms in total. The molecule has 3 unspecified atom stereocenters. The predicted octanol–water partition coefficient (Wildman–Crippen LogP) is 1.91. The topological polar surface area (TPSA) is 40.5 Å². The van der Waals surface area contributed by atoms with Crippen LogP contribution in [-0.4, -0.2) is 117 Å². The molecular formula is C44H96Cl3N3O2. The van der Waals surface area contributed by atoms with E-state index in [1.807, 2.05) is 0 Å². The molecule has 2 N–H and O–H groups in total. The fourth-order valence-electron chi connectivity index (χ4n) is 8.22. The minimum atomic E-state index is -0.339. The minimum absolute atomic E-state index is 0. The molecule has 0 aliphatic heterocycles. The van der Waals surface area contributed by atoms with Gasteiger partial charge in [0.15, 0.2) is 12.2 Å². The van der Waals surface area contributed by atoms with E-state index in [0.29, 0.717) is 0 Å². The van der Waals surface area contributed by atoms with E-state index < -0.39 is 0 Å². The summed E-state index contributed by atoms with van der Waals surface area (Å²) in [4.78, 5) is 0. The number of hydrogen-bond acceptors (Lipinski definition) is 2. The Morgan fingerprint density at radius 2 is 0.519 bits per heavy atom. The van der Waals surface area contributed by atoms with Gasteiger partial charge in [0.25, 0.3) is 0 Å². The van der Waals surface area contributed by atoms with Crippen LogP contribution >= 0.6 is 0 Å². The summed E-state index contributed by atoms with van der Waals surface area (Å²) in [6, 6.07) is 0. The molecule has 0 heterocycles. The van der Waals surface area contributed by atoms with Gasteiger partial charge in [-0.2, -0.15) is 0 Å². The van der Waals surface area contributed by atoms with E-state index in [-0.39, 0.29) is 49.4 Å². The van der Waals surface area contributed by atoms with Crippen LogP contribution < -0.4 is 37.2 Å². The van der Waals surface area contributed by atoms with Crippen LogP contribution in [0.2, 0.25) is 0 Å². The second-order valence-electron chi connectivity index (χ2n) is 18.2. The third kappa shape index (κ3) is 38.9. The monoisotopic (exact) mass is 804 g/mol. The van der Waals surface area contributed by atoms with Crippen molar-refractivity contribution in [2.75, 3.05) is 81.1 Å². The van der Waals surface area contributed by atoms with Gasteiger partial charge in [-0.25, -0.2) is 0 Å². The van der Waals surface area contributed by atoms with E-state index in [1.54, 1.807) is 0 Å². The van der Waals surface area contributed by atoms with Gasteiger partial charge >= 0.3 is 0 Å². The zero-order chi connectivity index (χ0) is 36.7. The van der Waals surface area contributed by atoms with Crippen molar-refractivity contribution in [2.24, 2.45) is 0 Å². The number of aliphatic hydroxyl groups is 2. The molecule has 3 atom stereocenters. The molecule has 0 bridgehead atoms. The fraction of sp³-hybridized carbons (Fsp3) is 1.00. The van der Waals surface area contributed by atoms with E-state index >= 15 is 0 Å². The molecule has 52 heavy (non-hydrogen) atoms. The Balaban J connectivity index is -0.00000384. The van der Waals surface area contributed by atoms with Crippen molar-refractivity contribution in [3.63, 3.8) is 0 Å². The summed E-state index contributed by atoms with van der Waals surface area (Å²) in [6.45, 7) is 13.3. The Kier molecular flexibility index (Phi) is 44.0. The van der Waals surface area contributed by atoms with E-state index in [9.17, 15) is 10.2 Å². The number of halogens is 3. The van der Waals surface area contributed by atoms with Gasteiger partial charge in [0.05, 0.1) is 54.9 Å². The average Bonchev–Trinajstić information content (AvgIpc) is 3.01.